The van der Waals surface area contributed by atoms with Gasteiger partial charge in [0.2, 0.25) is 0 Å². The van der Waals surface area contributed by atoms with E-state index in [0.717, 1.165) is 31.1 Å². The van der Waals surface area contributed by atoms with Crippen molar-refractivity contribution in [1.82, 2.24) is 14.5 Å². The molecule has 1 saturated heterocycles. The molecule has 0 N–H and O–H groups in total. The average molecular weight is 321 g/mol. The lowest BCUT2D eigenvalue weighted by Crippen LogP contribution is -2.29. The number of benzene rings is 1. The summed E-state index contributed by atoms with van der Waals surface area (Å²) in [5.41, 5.74) is 3.44. The van der Waals surface area contributed by atoms with E-state index in [1.54, 1.807) is 6.26 Å². The van der Waals surface area contributed by atoms with E-state index in [1.165, 1.54) is 24.1 Å². The van der Waals surface area contributed by atoms with Crippen molar-refractivity contribution < 1.29 is 4.42 Å². The molecular weight excluding hydrogens is 298 g/mol. The van der Waals surface area contributed by atoms with Crippen molar-refractivity contribution >= 4 is 0 Å². The predicted molar refractivity (Wildman–Crippen MR) is 94.7 cm³/mol. The summed E-state index contributed by atoms with van der Waals surface area (Å²) in [6.07, 6.45) is 6.28. The first kappa shape index (κ1) is 15.2. The summed E-state index contributed by atoms with van der Waals surface area (Å²) in [7, 11) is 0. The summed E-state index contributed by atoms with van der Waals surface area (Å²) in [5, 5.41) is 0. The van der Waals surface area contributed by atoms with Crippen molar-refractivity contribution in [1.29, 1.82) is 0 Å². The molecule has 0 spiro atoms. The second-order valence-corrected chi connectivity index (χ2v) is 6.47. The molecule has 4 rings (SSSR count). The molecule has 1 fully saturated rings. The fourth-order valence-electron chi connectivity index (χ4n) is 3.61. The quantitative estimate of drug-likeness (QED) is 0.703. The van der Waals surface area contributed by atoms with Crippen LogP contribution in [0.25, 0.3) is 11.3 Å². The van der Waals surface area contributed by atoms with Crippen molar-refractivity contribution in [2.45, 2.75) is 32.4 Å². The molecule has 0 unspecified atom stereocenters. The number of hydrogen-bond acceptors (Lipinski definition) is 3. The van der Waals surface area contributed by atoms with E-state index in [1.807, 2.05) is 18.5 Å². The zero-order chi connectivity index (χ0) is 16.4. The highest BCUT2D eigenvalue weighted by atomic mass is 16.3. The summed E-state index contributed by atoms with van der Waals surface area (Å²) in [6, 6.07) is 14.7. The van der Waals surface area contributed by atoms with Gasteiger partial charge in [-0.05, 0) is 45.0 Å². The SMILES string of the molecule is Cc1c(-c2ccccc2)ncn1C[C@@H](c1ccco1)N1CCCC1. The minimum Gasteiger partial charge on any atom is -0.468 e. The van der Waals surface area contributed by atoms with Gasteiger partial charge in [-0.3, -0.25) is 4.90 Å². The molecule has 4 heteroatoms. The van der Waals surface area contributed by atoms with Crippen LogP contribution in [0.5, 0.6) is 0 Å². The van der Waals surface area contributed by atoms with E-state index in [0.29, 0.717) is 0 Å². The van der Waals surface area contributed by atoms with Crippen LogP contribution in [0.4, 0.5) is 0 Å². The second kappa shape index (κ2) is 6.65. The molecule has 0 bridgehead atoms. The van der Waals surface area contributed by atoms with Crippen LogP contribution >= 0.6 is 0 Å². The van der Waals surface area contributed by atoms with Crippen LogP contribution in [-0.4, -0.2) is 27.5 Å². The second-order valence-electron chi connectivity index (χ2n) is 6.47. The van der Waals surface area contributed by atoms with E-state index in [2.05, 4.69) is 51.7 Å². The van der Waals surface area contributed by atoms with E-state index < -0.39 is 0 Å². The van der Waals surface area contributed by atoms with Gasteiger partial charge in [-0.15, -0.1) is 0 Å². The maximum Gasteiger partial charge on any atom is 0.122 e. The van der Waals surface area contributed by atoms with Gasteiger partial charge in [-0.25, -0.2) is 4.98 Å². The molecule has 24 heavy (non-hydrogen) atoms. The van der Waals surface area contributed by atoms with Crippen LogP contribution in [0.1, 0.15) is 30.3 Å². The first-order valence-corrected chi connectivity index (χ1v) is 8.67. The lowest BCUT2D eigenvalue weighted by atomic mass is 10.1. The van der Waals surface area contributed by atoms with Crippen molar-refractivity contribution in [3.63, 3.8) is 0 Å². The van der Waals surface area contributed by atoms with Crippen molar-refractivity contribution in [3.05, 3.63) is 66.5 Å². The molecule has 0 radical (unpaired) electrons. The maximum atomic E-state index is 5.74. The Morgan fingerprint density at radius 1 is 1.08 bits per heavy atom. The normalized spacial score (nSPS) is 16.5. The van der Waals surface area contributed by atoms with Crippen LogP contribution in [0, 0.1) is 6.92 Å². The smallest absolute Gasteiger partial charge is 0.122 e. The Bertz CT molecular complexity index is 771. The van der Waals surface area contributed by atoms with Crippen molar-refractivity contribution in [2.75, 3.05) is 13.1 Å². The Morgan fingerprint density at radius 3 is 2.58 bits per heavy atom. The molecule has 0 amide bonds. The van der Waals surface area contributed by atoms with Gasteiger partial charge in [0.05, 0.1) is 24.3 Å². The fraction of sp³-hybridized carbons (Fsp3) is 0.350. The van der Waals surface area contributed by atoms with Gasteiger partial charge < -0.3 is 8.98 Å². The number of nitrogens with zero attached hydrogens (tertiary/aromatic N) is 3. The lowest BCUT2D eigenvalue weighted by Gasteiger charge is -2.26. The number of hydrogen-bond donors (Lipinski definition) is 0. The minimum atomic E-state index is 0.277. The summed E-state index contributed by atoms with van der Waals surface area (Å²) in [5.74, 6) is 1.05. The third kappa shape index (κ3) is 2.89. The first-order valence-electron chi connectivity index (χ1n) is 8.67. The standard InChI is InChI=1S/C20H23N3O/c1-16-20(17-8-3-2-4-9-17)21-15-23(16)14-18(19-10-7-13-24-19)22-11-5-6-12-22/h2-4,7-10,13,15,18H,5-6,11-12,14H2,1H3/t18-/m0/s1. The number of likely N-dealkylation sites (tertiary alicyclic amines) is 1. The minimum absolute atomic E-state index is 0.277. The summed E-state index contributed by atoms with van der Waals surface area (Å²) < 4.78 is 7.99. The zero-order valence-corrected chi connectivity index (χ0v) is 14.1. The average Bonchev–Trinajstić information content (AvgIpc) is 3.37. The van der Waals surface area contributed by atoms with Crippen LogP contribution in [0.3, 0.4) is 0 Å². The van der Waals surface area contributed by atoms with Gasteiger partial charge >= 0.3 is 0 Å². The molecule has 2 aromatic heterocycles. The molecule has 124 valence electrons. The molecule has 0 saturated carbocycles. The van der Waals surface area contributed by atoms with Crippen LogP contribution < -0.4 is 0 Å². The largest absolute Gasteiger partial charge is 0.468 e. The van der Waals surface area contributed by atoms with Crippen LogP contribution in [0.15, 0.2) is 59.5 Å². The first-order chi connectivity index (χ1) is 11.8. The third-order valence-electron chi connectivity index (χ3n) is 4.97. The van der Waals surface area contributed by atoms with E-state index in [-0.39, 0.29) is 6.04 Å². The van der Waals surface area contributed by atoms with Crippen LogP contribution in [-0.2, 0) is 6.54 Å². The number of furan rings is 1. The fourth-order valence-corrected chi connectivity index (χ4v) is 3.61. The summed E-state index contributed by atoms with van der Waals surface area (Å²) in [4.78, 5) is 7.19. The summed E-state index contributed by atoms with van der Waals surface area (Å²) >= 11 is 0. The van der Waals surface area contributed by atoms with Gasteiger partial charge in [0.25, 0.3) is 0 Å². The Labute approximate surface area is 142 Å². The predicted octanol–water partition coefficient (Wildman–Crippen LogP) is 4.29. The van der Waals surface area contributed by atoms with E-state index in [4.69, 9.17) is 4.42 Å². The zero-order valence-electron chi connectivity index (χ0n) is 14.1. The molecule has 0 aliphatic carbocycles. The van der Waals surface area contributed by atoms with Crippen LogP contribution in [0.2, 0.25) is 0 Å². The molecule has 1 aliphatic heterocycles. The number of rotatable bonds is 5. The highest BCUT2D eigenvalue weighted by molar-refractivity contribution is 5.61. The van der Waals surface area contributed by atoms with Crippen molar-refractivity contribution in [2.24, 2.45) is 0 Å². The number of imidazole rings is 1. The molecule has 4 nitrogen and oxygen atoms in total. The topological polar surface area (TPSA) is 34.2 Å². The van der Waals surface area contributed by atoms with Gasteiger partial charge in [0.15, 0.2) is 0 Å². The molecule has 3 heterocycles. The highest BCUT2D eigenvalue weighted by Gasteiger charge is 2.26. The van der Waals surface area contributed by atoms with E-state index >= 15 is 0 Å². The lowest BCUT2D eigenvalue weighted by molar-refractivity contribution is 0.193. The summed E-state index contributed by atoms with van der Waals surface area (Å²) in [6.45, 7) is 5.31. The Morgan fingerprint density at radius 2 is 1.88 bits per heavy atom. The Balaban J connectivity index is 1.62. The van der Waals surface area contributed by atoms with Gasteiger partial charge in [-0.2, -0.15) is 0 Å². The molecule has 1 atom stereocenters. The molecule has 1 aliphatic rings. The molecule has 1 aromatic carbocycles. The maximum absolute atomic E-state index is 5.74. The number of aromatic nitrogens is 2. The Kier molecular flexibility index (Phi) is 4.22. The monoisotopic (exact) mass is 321 g/mol. The third-order valence-corrected chi connectivity index (χ3v) is 4.97. The van der Waals surface area contributed by atoms with Crippen molar-refractivity contribution in [3.8, 4) is 11.3 Å². The van der Waals surface area contributed by atoms with Gasteiger partial charge in [0.1, 0.15) is 5.76 Å². The van der Waals surface area contributed by atoms with Gasteiger partial charge in [-0.1, -0.05) is 30.3 Å². The highest BCUT2D eigenvalue weighted by Crippen LogP contribution is 2.29. The molecular formula is C20H23N3O. The van der Waals surface area contributed by atoms with E-state index in [9.17, 15) is 0 Å². The molecule has 3 aromatic rings. The van der Waals surface area contributed by atoms with Gasteiger partial charge in [0, 0.05) is 17.8 Å². The Hall–Kier alpha value is -2.33.